The summed E-state index contributed by atoms with van der Waals surface area (Å²) in [4.78, 5) is 4.80. The smallest absolute Gasteiger partial charge is 0.191 e. The van der Waals surface area contributed by atoms with Crippen LogP contribution in [-0.4, -0.2) is 52.5 Å². The van der Waals surface area contributed by atoms with E-state index in [1.165, 1.54) is 19.3 Å². The number of nitrogens with one attached hydrogen (secondary N) is 2. The van der Waals surface area contributed by atoms with Gasteiger partial charge in [-0.05, 0) is 51.4 Å². The van der Waals surface area contributed by atoms with E-state index in [0.717, 1.165) is 64.7 Å². The van der Waals surface area contributed by atoms with Crippen molar-refractivity contribution in [2.45, 2.75) is 52.4 Å². The Morgan fingerprint density at radius 2 is 1.91 bits per heavy atom. The first-order valence-electron chi connectivity index (χ1n) is 8.85. The van der Waals surface area contributed by atoms with Crippen LogP contribution in [0, 0.1) is 5.41 Å². The normalized spacial score (nSPS) is 16.4. The molecule has 0 aliphatic heterocycles. The van der Waals surface area contributed by atoms with Gasteiger partial charge in [0.1, 0.15) is 0 Å². The minimum atomic E-state index is 0. The van der Waals surface area contributed by atoms with Crippen molar-refractivity contribution in [3.63, 3.8) is 0 Å². The minimum absolute atomic E-state index is 0. The quantitative estimate of drug-likeness (QED) is 0.212. The number of hydrogen-bond acceptors (Lipinski definition) is 3. The van der Waals surface area contributed by atoms with Gasteiger partial charge in [-0.25, -0.2) is 0 Å². The number of nitrogens with zero attached hydrogens (tertiary/aromatic N) is 1. The van der Waals surface area contributed by atoms with Gasteiger partial charge in [-0.15, -0.1) is 24.0 Å². The van der Waals surface area contributed by atoms with Crippen molar-refractivity contribution < 1.29 is 9.47 Å². The second-order valence-electron chi connectivity index (χ2n) is 6.12. The Hall–Kier alpha value is -0.0800. The predicted molar refractivity (Wildman–Crippen MR) is 108 cm³/mol. The molecule has 138 valence electrons. The molecule has 0 atom stereocenters. The van der Waals surface area contributed by atoms with Gasteiger partial charge in [0.05, 0.1) is 0 Å². The largest absolute Gasteiger partial charge is 0.385 e. The zero-order valence-corrected chi connectivity index (χ0v) is 17.5. The topological polar surface area (TPSA) is 54.9 Å². The molecule has 1 aliphatic carbocycles. The number of ether oxygens (including phenoxy) is 2. The molecule has 2 N–H and O–H groups in total. The van der Waals surface area contributed by atoms with Crippen LogP contribution in [0.5, 0.6) is 0 Å². The van der Waals surface area contributed by atoms with E-state index in [9.17, 15) is 0 Å². The third-order valence-electron chi connectivity index (χ3n) is 4.38. The number of aliphatic imine (C=N–C) groups is 1. The van der Waals surface area contributed by atoms with Crippen LogP contribution in [-0.2, 0) is 9.47 Å². The highest BCUT2D eigenvalue weighted by molar-refractivity contribution is 14.0. The van der Waals surface area contributed by atoms with Gasteiger partial charge in [-0.2, -0.15) is 0 Å². The fourth-order valence-corrected chi connectivity index (χ4v) is 2.75. The summed E-state index contributed by atoms with van der Waals surface area (Å²) in [5.41, 5.74) is 0.382. The Morgan fingerprint density at radius 3 is 2.48 bits per heavy atom. The molecule has 0 aromatic rings. The molecule has 0 saturated heterocycles. The van der Waals surface area contributed by atoms with Crippen molar-refractivity contribution in [1.29, 1.82) is 0 Å². The lowest BCUT2D eigenvalue weighted by Gasteiger charge is -2.40. The summed E-state index contributed by atoms with van der Waals surface area (Å²) in [6.07, 6.45) is 7.24. The number of methoxy groups -OCH3 is 1. The maximum Gasteiger partial charge on any atom is 0.191 e. The molecule has 0 aromatic carbocycles. The monoisotopic (exact) mass is 441 g/mol. The first-order valence-corrected chi connectivity index (χ1v) is 8.85. The summed E-state index contributed by atoms with van der Waals surface area (Å²) in [6, 6.07) is 0. The van der Waals surface area contributed by atoms with Crippen LogP contribution in [0.2, 0.25) is 0 Å². The van der Waals surface area contributed by atoms with Crippen molar-refractivity contribution >= 4 is 29.9 Å². The molecule has 0 aromatic heterocycles. The lowest BCUT2D eigenvalue weighted by atomic mass is 9.67. The number of unbranched alkanes of at least 4 members (excludes halogenated alkanes) is 1. The summed E-state index contributed by atoms with van der Waals surface area (Å²) < 4.78 is 10.6. The maximum atomic E-state index is 5.35. The van der Waals surface area contributed by atoms with Crippen molar-refractivity contribution in [2.75, 3.05) is 46.6 Å². The molecule has 1 fully saturated rings. The van der Waals surface area contributed by atoms with Gasteiger partial charge < -0.3 is 20.1 Å². The fourth-order valence-electron chi connectivity index (χ4n) is 2.75. The second kappa shape index (κ2) is 14.3. The molecule has 0 unspecified atom stereocenters. The van der Waals surface area contributed by atoms with E-state index in [4.69, 9.17) is 14.5 Å². The highest BCUT2D eigenvalue weighted by atomic mass is 127. The Morgan fingerprint density at radius 1 is 1.13 bits per heavy atom. The predicted octanol–water partition coefficient (Wildman–Crippen LogP) is 3.18. The first kappa shape index (κ1) is 22.9. The van der Waals surface area contributed by atoms with Gasteiger partial charge >= 0.3 is 0 Å². The van der Waals surface area contributed by atoms with Crippen LogP contribution in [0.15, 0.2) is 4.99 Å². The maximum absolute atomic E-state index is 5.35. The van der Waals surface area contributed by atoms with Crippen LogP contribution in [0.4, 0.5) is 0 Å². The third-order valence-corrected chi connectivity index (χ3v) is 4.38. The van der Waals surface area contributed by atoms with Crippen molar-refractivity contribution in [3.8, 4) is 0 Å². The molecule has 1 saturated carbocycles. The Labute approximate surface area is 159 Å². The Balaban J connectivity index is 0.00000484. The average molecular weight is 441 g/mol. The molecule has 6 heteroatoms. The van der Waals surface area contributed by atoms with Gasteiger partial charge in [-0.3, -0.25) is 4.99 Å². The Bertz CT molecular complexity index is 310. The summed E-state index contributed by atoms with van der Waals surface area (Å²) in [7, 11) is 1.78. The summed E-state index contributed by atoms with van der Waals surface area (Å²) in [5, 5.41) is 6.76. The first-order chi connectivity index (χ1) is 10.8. The number of hydrogen-bond donors (Lipinski definition) is 2. The highest BCUT2D eigenvalue weighted by Crippen LogP contribution is 2.44. The summed E-state index contributed by atoms with van der Waals surface area (Å²) in [5.74, 6) is 0.947. The lowest BCUT2D eigenvalue weighted by molar-refractivity contribution is 0.0778. The number of rotatable bonds is 12. The van der Waals surface area contributed by atoms with E-state index in [0.29, 0.717) is 5.41 Å². The molecule has 0 spiro atoms. The molecule has 0 bridgehead atoms. The molecule has 0 heterocycles. The molecule has 23 heavy (non-hydrogen) atoms. The van der Waals surface area contributed by atoms with Gasteiger partial charge in [-0.1, -0.05) is 6.42 Å². The minimum Gasteiger partial charge on any atom is -0.385 e. The molecule has 1 aliphatic rings. The lowest BCUT2D eigenvalue weighted by Crippen LogP contribution is -2.40. The van der Waals surface area contributed by atoms with E-state index < -0.39 is 0 Å². The van der Waals surface area contributed by atoms with Crippen LogP contribution in [0.3, 0.4) is 0 Å². The van der Waals surface area contributed by atoms with Crippen molar-refractivity contribution in [2.24, 2.45) is 10.4 Å². The molecular formula is C17H36IN3O2. The van der Waals surface area contributed by atoms with E-state index in [1.54, 1.807) is 7.11 Å². The fraction of sp³-hybridized carbons (Fsp3) is 0.941. The van der Waals surface area contributed by atoms with Crippen LogP contribution in [0.25, 0.3) is 0 Å². The summed E-state index contributed by atoms with van der Waals surface area (Å²) in [6.45, 7) is 9.40. The van der Waals surface area contributed by atoms with Gasteiger partial charge in [0.2, 0.25) is 0 Å². The molecule has 1 rings (SSSR count). The summed E-state index contributed by atoms with van der Waals surface area (Å²) >= 11 is 0. The van der Waals surface area contributed by atoms with Crippen LogP contribution in [0.1, 0.15) is 52.4 Å². The van der Waals surface area contributed by atoms with Crippen LogP contribution < -0.4 is 10.6 Å². The van der Waals surface area contributed by atoms with E-state index in [-0.39, 0.29) is 24.0 Å². The third kappa shape index (κ3) is 9.72. The number of halogens is 1. The molecule has 5 nitrogen and oxygen atoms in total. The van der Waals surface area contributed by atoms with Gasteiger partial charge in [0, 0.05) is 46.6 Å². The van der Waals surface area contributed by atoms with E-state index >= 15 is 0 Å². The second-order valence-corrected chi connectivity index (χ2v) is 6.12. The standard InChI is InChI=1S/C17H35N3O2.HI/c1-4-18-16(19-12-6-7-13-22-5-2)20-15-17(9-8-10-17)11-14-21-3;/h4-15H2,1-3H3,(H2,18,19,20);1H. The van der Waals surface area contributed by atoms with Crippen molar-refractivity contribution in [3.05, 3.63) is 0 Å². The van der Waals surface area contributed by atoms with Crippen molar-refractivity contribution in [1.82, 2.24) is 10.6 Å². The molecule has 0 amide bonds. The Kier molecular flexibility index (Phi) is 14.2. The van der Waals surface area contributed by atoms with E-state index in [1.807, 2.05) is 6.92 Å². The molecular weight excluding hydrogens is 405 g/mol. The SMILES string of the molecule is CCNC(=NCC1(CCOC)CCC1)NCCCCOCC.I. The zero-order chi connectivity index (χ0) is 16.1. The zero-order valence-electron chi connectivity index (χ0n) is 15.2. The highest BCUT2D eigenvalue weighted by Gasteiger charge is 2.36. The number of guanidine groups is 1. The van der Waals surface area contributed by atoms with Gasteiger partial charge in [0.25, 0.3) is 0 Å². The average Bonchev–Trinajstić information content (AvgIpc) is 2.49. The van der Waals surface area contributed by atoms with Crippen LogP contribution >= 0.6 is 24.0 Å². The van der Waals surface area contributed by atoms with Gasteiger partial charge in [0.15, 0.2) is 5.96 Å². The van der Waals surface area contributed by atoms with E-state index in [2.05, 4.69) is 17.6 Å². The molecule has 0 radical (unpaired) electrons.